The molecule has 72 valence electrons. The Balaban J connectivity index is 2.75. The van der Waals surface area contributed by atoms with Gasteiger partial charge in [0.05, 0.1) is 16.7 Å². The largest absolute Gasteiger partial charge is 0.490 e. The molecule has 0 heterocycles. The molecule has 0 spiro atoms. The fourth-order valence-corrected chi connectivity index (χ4v) is 1.77. The minimum atomic E-state index is 0.322. The highest BCUT2D eigenvalue weighted by molar-refractivity contribution is 6.40. The molecular formula is C9H9Cl3O. The van der Waals surface area contributed by atoms with Gasteiger partial charge in [0.15, 0.2) is 5.75 Å². The summed E-state index contributed by atoms with van der Waals surface area (Å²) in [5.74, 6) is 0.436. The molecule has 0 aliphatic rings. The number of rotatable bonds is 3. The number of hydrogen-bond donors (Lipinski definition) is 0. The molecule has 1 nitrogen and oxygen atoms in total. The molecule has 0 aliphatic heterocycles. The molecule has 0 aromatic heterocycles. The normalized spacial score (nSPS) is 11.2. The minimum absolute atomic E-state index is 0.322. The Morgan fingerprint density at radius 1 is 1.31 bits per heavy atom. The Kier molecular flexibility index (Phi) is 3.59. The quantitative estimate of drug-likeness (QED) is 0.710. The van der Waals surface area contributed by atoms with E-state index in [1.54, 1.807) is 12.1 Å². The summed E-state index contributed by atoms with van der Waals surface area (Å²) >= 11 is 17.5. The second kappa shape index (κ2) is 4.94. The number of ether oxygens (including phenoxy) is 1. The van der Waals surface area contributed by atoms with E-state index < -0.39 is 0 Å². The summed E-state index contributed by atoms with van der Waals surface area (Å²) in [7, 11) is 0. The second-order valence-electron chi connectivity index (χ2n) is 2.40. The van der Waals surface area contributed by atoms with Gasteiger partial charge in [0, 0.05) is 6.39 Å². The fraction of sp³-hybridized carbons (Fsp3) is 0.333. The number of halogens is 3. The fourth-order valence-electron chi connectivity index (χ4n) is 0.841. The lowest BCUT2D eigenvalue weighted by molar-refractivity contribution is 0.318. The second-order valence-corrected chi connectivity index (χ2v) is 3.65. The van der Waals surface area contributed by atoms with Gasteiger partial charge in [0.25, 0.3) is 0 Å². The van der Waals surface area contributed by atoms with Gasteiger partial charge < -0.3 is 4.74 Å². The van der Waals surface area contributed by atoms with Crippen molar-refractivity contribution in [3.63, 3.8) is 0 Å². The van der Waals surface area contributed by atoms with Gasteiger partial charge in [-0.15, -0.1) is 0 Å². The van der Waals surface area contributed by atoms with Gasteiger partial charge in [-0.25, -0.2) is 0 Å². The number of benzene rings is 1. The first-order chi connectivity index (χ1) is 6.65. The first-order valence-electron chi connectivity index (χ1n) is 4.42. The third kappa shape index (κ3) is 2.94. The van der Waals surface area contributed by atoms with Gasteiger partial charge in [0.2, 0.25) is 0 Å². The maximum Gasteiger partial charge on any atom is 0.156 e. The lowest BCUT2D eigenvalue weighted by Gasteiger charge is -2.08. The number of hydrogen-bond acceptors (Lipinski definition) is 1. The van der Waals surface area contributed by atoms with E-state index in [1.165, 1.54) is 0 Å². The van der Waals surface area contributed by atoms with Crippen molar-refractivity contribution in [3.05, 3.63) is 27.2 Å². The predicted octanol–water partition coefficient (Wildman–Crippen LogP) is 4.44. The van der Waals surface area contributed by atoms with Crippen LogP contribution in [0.2, 0.25) is 15.1 Å². The molecule has 0 unspecified atom stereocenters. The van der Waals surface area contributed by atoms with E-state index in [2.05, 4.69) is 0 Å². The van der Waals surface area contributed by atoms with E-state index in [9.17, 15) is 0 Å². The van der Waals surface area contributed by atoms with Crippen LogP contribution in [0.15, 0.2) is 12.1 Å². The lowest BCUT2D eigenvalue weighted by Crippen LogP contribution is -1.96. The Morgan fingerprint density at radius 2 is 1.92 bits per heavy atom. The molecule has 4 heteroatoms. The molecule has 0 saturated heterocycles. The third-order valence-electron chi connectivity index (χ3n) is 1.35. The summed E-state index contributed by atoms with van der Waals surface area (Å²) in [5.41, 5.74) is 0. The van der Waals surface area contributed by atoms with Crippen LogP contribution in [0, 0.1) is 0 Å². The Bertz CT molecular complexity index is 294. The molecule has 1 aromatic rings. The van der Waals surface area contributed by atoms with Gasteiger partial charge >= 0.3 is 0 Å². The molecule has 1 rings (SSSR count). The summed E-state index contributed by atoms with van der Waals surface area (Å²) in [6.45, 7) is 0.757. The van der Waals surface area contributed by atoms with E-state index in [0.29, 0.717) is 40.7 Å². The molecule has 1 aromatic carbocycles. The van der Waals surface area contributed by atoms with Crippen molar-refractivity contribution >= 4 is 34.8 Å². The van der Waals surface area contributed by atoms with Crippen molar-refractivity contribution in [3.8, 4) is 5.75 Å². The summed E-state index contributed by atoms with van der Waals surface area (Å²) in [6.07, 6.45) is 0.648. The van der Waals surface area contributed by atoms with Crippen LogP contribution in [0.4, 0.5) is 0 Å². The summed E-state index contributed by atoms with van der Waals surface area (Å²) in [6, 6.07) is 3.15. The zero-order valence-corrected chi connectivity index (χ0v) is 9.09. The first kappa shape index (κ1) is 9.45. The maximum atomic E-state index is 6.94. The molecule has 0 amide bonds. The minimum Gasteiger partial charge on any atom is -0.490 e. The van der Waals surface area contributed by atoms with Crippen LogP contribution < -0.4 is 4.74 Å². The zero-order valence-electron chi connectivity index (χ0n) is 7.82. The van der Waals surface area contributed by atoms with Gasteiger partial charge in [-0.2, -0.15) is 0 Å². The molecular weight excluding hydrogens is 230 g/mol. The SMILES string of the molecule is [2H]CCCOc1c(Cl)cc(Cl)cc1Cl. The summed E-state index contributed by atoms with van der Waals surface area (Å²) in [4.78, 5) is 0. The van der Waals surface area contributed by atoms with E-state index in [0.717, 1.165) is 0 Å². The van der Waals surface area contributed by atoms with Crippen LogP contribution >= 0.6 is 34.8 Å². The maximum absolute atomic E-state index is 6.94. The van der Waals surface area contributed by atoms with Crippen molar-refractivity contribution in [1.29, 1.82) is 0 Å². The van der Waals surface area contributed by atoms with Crippen LogP contribution in [0.25, 0.3) is 0 Å². The van der Waals surface area contributed by atoms with Crippen LogP contribution in [0.5, 0.6) is 5.75 Å². The first-order valence-corrected chi connectivity index (χ1v) is 4.85. The van der Waals surface area contributed by atoms with Crippen LogP contribution in [-0.4, -0.2) is 6.61 Å². The van der Waals surface area contributed by atoms with Crippen LogP contribution in [-0.2, 0) is 0 Å². The van der Waals surface area contributed by atoms with E-state index in [1.807, 2.05) is 0 Å². The lowest BCUT2D eigenvalue weighted by atomic mass is 10.3. The Hall–Kier alpha value is -0.110. The van der Waals surface area contributed by atoms with Crippen LogP contribution in [0.1, 0.15) is 14.7 Å². The van der Waals surface area contributed by atoms with Crippen molar-refractivity contribution in [2.45, 2.75) is 13.3 Å². The molecule has 0 saturated carbocycles. The molecule has 0 radical (unpaired) electrons. The zero-order chi connectivity index (χ0) is 10.6. The van der Waals surface area contributed by atoms with Crippen LogP contribution in [0.3, 0.4) is 0 Å². The average molecular weight is 241 g/mol. The highest BCUT2D eigenvalue weighted by Gasteiger charge is 2.08. The summed E-state index contributed by atoms with van der Waals surface area (Å²) in [5, 5.41) is 1.27. The van der Waals surface area contributed by atoms with Crippen molar-refractivity contribution < 1.29 is 6.11 Å². The molecule has 0 N–H and O–H groups in total. The highest BCUT2D eigenvalue weighted by atomic mass is 35.5. The Labute approximate surface area is 94.0 Å². The summed E-state index contributed by atoms with van der Waals surface area (Å²) < 4.78 is 12.3. The molecule has 0 aliphatic carbocycles. The van der Waals surface area contributed by atoms with Gasteiger partial charge in [-0.05, 0) is 18.6 Å². The van der Waals surface area contributed by atoms with Gasteiger partial charge in [-0.1, -0.05) is 41.7 Å². The van der Waals surface area contributed by atoms with Crippen molar-refractivity contribution in [2.75, 3.05) is 6.61 Å². The topological polar surface area (TPSA) is 9.23 Å². The van der Waals surface area contributed by atoms with Crippen molar-refractivity contribution in [1.82, 2.24) is 0 Å². The van der Waals surface area contributed by atoms with E-state index >= 15 is 0 Å². The molecule has 0 bridgehead atoms. The molecule has 0 atom stereocenters. The predicted molar refractivity (Wildman–Crippen MR) is 57.3 cm³/mol. The van der Waals surface area contributed by atoms with E-state index in [-0.39, 0.29) is 0 Å². The third-order valence-corrected chi connectivity index (χ3v) is 2.13. The van der Waals surface area contributed by atoms with Gasteiger partial charge in [0.1, 0.15) is 0 Å². The smallest absolute Gasteiger partial charge is 0.156 e. The van der Waals surface area contributed by atoms with Crippen molar-refractivity contribution in [2.24, 2.45) is 0 Å². The standard InChI is InChI=1S/C9H9Cl3O/c1-2-3-13-9-7(11)4-6(10)5-8(9)12/h4-5H,2-3H2,1H3/i1D. The molecule has 13 heavy (non-hydrogen) atoms. The monoisotopic (exact) mass is 239 g/mol. The average Bonchev–Trinajstić information content (AvgIpc) is 2.09. The Morgan fingerprint density at radius 3 is 2.46 bits per heavy atom. The molecule has 0 fully saturated rings. The highest BCUT2D eigenvalue weighted by Crippen LogP contribution is 2.35. The van der Waals surface area contributed by atoms with E-state index in [4.69, 9.17) is 40.9 Å². The van der Waals surface area contributed by atoms with Gasteiger partial charge in [-0.3, -0.25) is 0 Å².